The van der Waals surface area contributed by atoms with Gasteiger partial charge in [-0.3, -0.25) is 4.79 Å². The Kier molecular flexibility index (Phi) is 5.99. The second-order valence-electron chi connectivity index (χ2n) is 4.41. The third kappa shape index (κ3) is 4.96. The van der Waals surface area contributed by atoms with Crippen LogP contribution in [0.3, 0.4) is 0 Å². The highest BCUT2D eigenvalue weighted by atomic mass is 35.5. The Labute approximate surface area is 113 Å². The van der Waals surface area contributed by atoms with Crippen molar-refractivity contribution in [2.75, 3.05) is 0 Å². The molecule has 0 radical (unpaired) electrons. The smallest absolute Gasteiger partial charge is 0.260 e. The van der Waals surface area contributed by atoms with Gasteiger partial charge in [0.15, 0.2) is 6.10 Å². The Hall–Kier alpha value is -1.22. The van der Waals surface area contributed by atoms with Gasteiger partial charge in [-0.2, -0.15) is 0 Å². The van der Waals surface area contributed by atoms with Crippen molar-refractivity contribution < 1.29 is 9.53 Å². The van der Waals surface area contributed by atoms with Gasteiger partial charge in [0, 0.05) is 11.1 Å². The molecule has 0 fully saturated rings. The lowest BCUT2D eigenvalue weighted by Gasteiger charge is -2.18. The average molecular weight is 270 g/mol. The van der Waals surface area contributed by atoms with E-state index in [9.17, 15) is 4.79 Å². The summed E-state index contributed by atoms with van der Waals surface area (Å²) in [4.78, 5) is 11.8. The maximum Gasteiger partial charge on any atom is 0.260 e. The number of ether oxygens (including phenoxy) is 1. The van der Waals surface area contributed by atoms with Gasteiger partial charge in [0.1, 0.15) is 5.75 Å². The molecule has 0 aromatic heterocycles. The van der Waals surface area contributed by atoms with Gasteiger partial charge in [-0.1, -0.05) is 24.9 Å². The van der Waals surface area contributed by atoms with E-state index in [0.717, 1.165) is 12.8 Å². The van der Waals surface area contributed by atoms with Crippen molar-refractivity contribution in [3.05, 3.63) is 29.3 Å². The number of carbonyl (C=O) groups is 1. The Balaban J connectivity index is 2.46. The number of amides is 1. The lowest BCUT2D eigenvalue weighted by molar-refractivity contribution is -0.127. The molecular formula is C14H20ClNO2. The van der Waals surface area contributed by atoms with E-state index in [1.165, 1.54) is 0 Å². The molecule has 18 heavy (non-hydrogen) atoms. The molecule has 100 valence electrons. The Morgan fingerprint density at radius 1 is 1.33 bits per heavy atom. The number of rotatable bonds is 6. The zero-order valence-electron chi connectivity index (χ0n) is 11.1. The Bertz CT molecular complexity index is 378. The summed E-state index contributed by atoms with van der Waals surface area (Å²) in [6.45, 7) is 5.83. The molecule has 0 bridgehead atoms. The summed E-state index contributed by atoms with van der Waals surface area (Å²) in [5, 5.41) is 3.57. The van der Waals surface area contributed by atoms with E-state index in [1.54, 1.807) is 31.2 Å². The fourth-order valence-corrected chi connectivity index (χ4v) is 1.76. The predicted molar refractivity (Wildman–Crippen MR) is 74.1 cm³/mol. The van der Waals surface area contributed by atoms with E-state index in [0.29, 0.717) is 10.8 Å². The predicted octanol–water partition coefficient (Wildman–Crippen LogP) is 3.41. The molecule has 4 heteroatoms. The zero-order chi connectivity index (χ0) is 13.5. The number of halogens is 1. The van der Waals surface area contributed by atoms with Crippen LogP contribution in [0.2, 0.25) is 5.02 Å². The highest BCUT2D eigenvalue weighted by molar-refractivity contribution is 6.30. The van der Waals surface area contributed by atoms with Gasteiger partial charge in [0.05, 0.1) is 0 Å². The molecule has 1 aromatic carbocycles. The third-order valence-electron chi connectivity index (χ3n) is 2.61. The van der Waals surface area contributed by atoms with Gasteiger partial charge in [-0.05, 0) is 44.5 Å². The molecule has 2 atom stereocenters. The maximum absolute atomic E-state index is 11.8. The molecule has 1 rings (SSSR count). The van der Waals surface area contributed by atoms with Gasteiger partial charge in [-0.25, -0.2) is 0 Å². The minimum absolute atomic E-state index is 0.0918. The lowest BCUT2D eigenvalue weighted by atomic mass is 10.2. The first-order valence-corrected chi connectivity index (χ1v) is 6.63. The van der Waals surface area contributed by atoms with Crippen LogP contribution in [-0.2, 0) is 4.79 Å². The van der Waals surface area contributed by atoms with Crippen LogP contribution in [0.4, 0.5) is 0 Å². The summed E-state index contributed by atoms with van der Waals surface area (Å²) < 4.78 is 5.54. The van der Waals surface area contributed by atoms with E-state index >= 15 is 0 Å². The number of hydrogen-bond acceptors (Lipinski definition) is 2. The topological polar surface area (TPSA) is 38.3 Å². The molecule has 0 aliphatic rings. The molecule has 0 saturated carbocycles. The first-order valence-electron chi connectivity index (χ1n) is 6.25. The van der Waals surface area contributed by atoms with Gasteiger partial charge in [-0.15, -0.1) is 0 Å². The van der Waals surface area contributed by atoms with E-state index in [2.05, 4.69) is 12.2 Å². The second kappa shape index (κ2) is 7.27. The monoisotopic (exact) mass is 269 g/mol. The highest BCUT2D eigenvalue weighted by Gasteiger charge is 2.16. The molecule has 0 aliphatic heterocycles. The van der Waals surface area contributed by atoms with Gasteiger partial charge < -0.3 is 10.1 Å². The first kappa shape index (κ1) is 14.8. The van der Waals surface area contributed by atoms with E-state index in [1.807, 2.05) is 6.92 Å². The minimum Gasteiger partial charge on any atom is -0.481 e. The van der Waals surface area contributed by atoms with Crippen LogP contribution in [0.1, 0.15) is 33.6 Å². The van der Waals surface area contributed by atoms with Crippen molar-refractivity contribution >= 4 is 17.5 Å². The molecular weight excluding hydrogens is 250 g/mol. The molecule has 1 aromatic rings. The number of benzene rings is 1. The van der Waals surface area contributed by atoms with Crippen molar-refractivity contribution in [3.8, 4) is 5.75 Å². The second-order valence-corrected chi connectivity index (χ2v) is 4.85. The van der Waals surface area contributed by atoms with E-state index < -0.39 is 6.10 Å². The van der Waals surface area contributed by atoms with Crippen LogP contribution in [0, 0.1) is 0 Å². The van der Waals surface area contributed by atoms with Crippen molar-refractivity contribution in [2.24, 2.45) is 0 Å². The summed E-state index contributed by atoms with van der Waals surface area (Å²) in [5.41, 5.74) is 0. The fraction of sp³-hybridized carbons (Fsp3) is 0.500. The molecule has 0 aliphatic carbocycles. The highest BCUT2D eigenvalue weighted by Crippen LogP contribution is 2.16. The average Bonchev–Trinajstić information content (AvgIpc) is 2.32. The summed E-state index contributed by atoms with van der Waals surface area (Å²) in [5.74, 6) is 0.552. The summed E-state index contributed by atoms with van der Waals surface area (Å²) in [6.07, 6.45) is 1.51. The molecule has 0 heterocycles. The number of carbonyl (C=O) groups excluding carboxylic acids is 1. The quantitative estimate of drug-likeness (QED) is 0.859. The maximum atomic E-state index is 11.8. The first-order chi connectivity index (χ1) is 8.52. The third-order valence-corrected chi connectivity index (χ3v) is 2.86. The largest absolute Gasteiger partial charge is 0.481 e. The van der Waals surface area contributed by atoms with Gasteiger partial charge in [0.2, 0.25) is 0 Å². The fourth-order valence-electron chi connectivity index (χ4n) is 1.64. The van der Waals surface area contributed by atoms with E-state index in [-0.39, 0.29) is 11.9 Å². The van der Waals surface area contributed by atoms with Crippen molar-refractivity contribution in [2.45, 2.75) is 45.8 Å². The molecule has 0 saturated heterocycles. The van der Waals surface area contributed by atoms with Crippen LogP contribution >= 0.6 is 11.6 Å². The summed E-state index contributed by atoms with van der Waals surface area (Å²) >= 11 is 5.78. The zero-order valence-corrected chi connectivity index (χ0v) is 11.8. The molecule has 3 nitrogen and oxygen atoms in total. The normalized spacial score (nSPS) is 13.8. The van der Waals surface area contributed by atoms with Crippen LogP contribution in [0.15, 0.2) is 24.3 Å². The van der Waals surface area contributed by atoms with Gasteiger partial charge >= 0.3 is 0 Å². The van der Waals surface area contributed by atoms with E-state index in [4.69, 9.17) is 16.3 Å². The van der Waals surface area contributed by atoms with Crippen molar-refractivity contribution in [1.82, 2.24) is 5.32 Å². The van der Waals surface area contributed by atoms with Gasteiger partial charge in [0.25, 0.3) is 5.91 Å². The number of hydrogen-bond donors (Lipinski definition) is 1. The minimum atomic E-state index is -0.509. The molecule has 0 spiro atoms. The lowest BCUT2D eigenvalue weighted by Crippen LogP contribution is -2.41. The van der Waals surface area contributed by atoms with Crippen molar-refractivity contribution in [3.63, 3.8) is 0 Å². The molecule has 0 unspecified atom stereocenters. The molecule has 1 N–H and O–H groups in total. The van der Waals surface area contributed by atoms with Crippen LogP contribution in [0.25, 0.3) is 0 Å². The summed E-state index contributed by atoms with van der Waals surface area (Å²) in [7, 11) is 0. The van der Waals surface area contributed by atoms with Crippen LogP contribution < -0.4 is 10.1 Å². The number of nitrogens with one attached hydrogen (secondary N) is 1. The Morgan fingerprint density at radius 3 is 2.50 bits per heavy atom. The Morgan fingerprint density at radius 2 is 1.94 bits per heavy atom. The molecule has 1 amide bonds. The standard InChI is InChI=1S/C14H20ClNO2/c1-4-5-10(2)16-14(17)11(3)18-13-8-6-12(15)7-9-13/h6-11H,4-5H2,1-3H3,(H,16,17)/t10-,11+/m0/s1. The SMILES string of the molecule is CCC[C@H](C)NC(=O)[C@@H](C)Oc1ccc(Cl)cc1. The summed E-state index contributed by atoms with van der Waals surface area (Å²) in [6, 6.07) is 7.16. The van der Waals surface area contributed by atoms with Crippen LogP contribution in [-0.4, -0.2) is 18.1 Å². The van der Waals surface area contributed by atoms with Crippen molar-refractivity contribution in [1.29, 1.82) is 0 Å². The van der Waals surface area contributed by atoms with Crippen LogP contribution in [0.5, 0.6) is 5.75 Å².